The molecule has 0 saturated heterocycles. The Balaban J connectivity index is 2.03. The molecule has 0 atom stereocenters. The van der Waals surface area contributed by atoms with Crippen molar-refractivity contribution >= 4 is 29.0 Å². The summed E-state index contributed by atoms with van der Waals surface area (Å²) in [6, 6.07) is 7.38. The summed E-state index contributed by atoms with van der Waals surface area (Å²) in [4.78, 5) is 9.29. The normalized spacial score (nSPS) is 14.2. The van der Waals surface area contributed by atoms with E-state index in [1.165, 1.54) is 12.8 Å². The lowest BCUT2D eigenvalue weighted by atomic mass is 10.1. The second-order valence-corrected chi connectivity index (χ2v) is 6.17. The highest BCUT2D eigenvalue weighted by Crippen LogP contribution is 2.40. The summed E-state index contributed by atoms with van der Waals surface area (Å²) in [7, 11) is 0. The Labute approximate surface area is 134 Å². The predicted octanol–water partition coefficient (Wildman–Crippen LogP) is 5.15. The van der Waals surface area contributed by atoms with Crippen LogP contribution in [0, 0.1) is 0 Å². The van der Waals surface area contributed by atoms with Crippen LogP contribution in [0.15, 0.2) is 24.3 Å². The Morgan fingerprint density at radius 3 is 2.71 bits per heavy atom. The van der Waals surface area contributed by atoms with Crippen molar-refractivity contribution in [3.63, 3.8) is 0 Å². The van der Waals surface area contributed by atoms with Crippen LogP contribution in [0.5, 0.6) is 0 Å². The van der Waals surface area contributed by atoms with Gasteiger partial charge >= 0.3 is 0 Å². The molecule has 1 aromatic carbocycles. The molecule has 110 valence electrons. The van der Waals surface area contributed by atoms with E-state index < -0.39 is 0 Å². The number of hydrogen-bond donors (Lipinski definition) is 1. The van der Waals surface area contributed by atoms with Gasteiger partial charge in [0.2, 0.25) is 0 Å². The fourth-order valence-corrected chi connectivity index (χ4v) is 2.55. The van der Waals surface area contributed by atoms with Gasteiger partial charge < -0.3 is 5.32 Å². The van der Waals surface area contributed by atoms with Crippen molar-refractivity contribution in [1.82, 2.24) is 9.97 Å². The maximum Gasteiger partial charge on any atom is 0.134 e. The monoisotopic (exact) mass is 321 g/mol. The van der Waals surface area contributed by atoms with Gasteiger partial charge in [-0.1, -0.05) is 30.1 Å². The molecular formula is C16H17Cl2N3. The largest absolute Gasteiger partial charge is 0.370 e. The van der Waals surface area contributed by atoms with E-state index >= 15 is 0 Å². The molecule has 1 aliphatic rings. The van der Waals surface area contributed by atoms with Gasteiger partial charge in [-0.2, -0.15) is 0 Å². The van der Waals surface area contributed by atoms with Crippen molar-refractivity contribution in [3.05, 3.63) is 40.1 Å². The quantitative estimate of drug-likeness (QED) is 0.827. The average Bonchev–Trinajstić information content (AvgIpc) is 3.32. The smallest absolute Gasteiger partial charge is 0.134 e. The van der Waals surface area contributed by atoms with Crippen LogP contribution in [-0.4, -0.2) is 16.5 Å². The van der Waals surface area contributed by atoms with Crippen LogP contribution in [0.25, 0.3) is 11.3 Å². The molecule has 3 nitrogen and oxygen atoms in total. The minimum Gasteiger partial charge on any atom is -0.370 e. The molecule has 1 saturated carbocycles. The maximum atomic E-state index is 6.30. The second-order valence-electron chi connectivity index (χ2n) is 5.32. The molecule has 0 aliphatic heterocycles. The molecule has 0 spiro atoms. The van der Waals surface area contributed by atoms with Gasteiger partial charge in [0.1, 0.15) is 11.6 Å². The molecule has 5 heteroatoms. The Bertz CT molecular complexity index is 654. The molecule has 0 amide bonds. The van der Waals surface area contributed by atoms with Crippen LogP contribution in [0.2, 0.25) is 10.0 Å². The zero-order chi connectivity index (χ0) is 14.8. The highest BCUT2D eigenvalue weighted by Gasteiger charge is 2.27. The second kappa shape index (κ2) is 6.20. The lowest BCUT2D eigenvalue weighted by Gasteiger charge is -2.10. The Hall–Kier alpha value is -1.32. The standard InChI is InChI=1S/C16H17Cl2N3/c1-2-7-19-15-9-14(20-16(21-15)10-3-4-10)12-8-11(17)5-6-13(12)18/h5-6,8-10H,2-4,7H2,1H3,(H,19,20,21). The minimum atomic E-state index is 0.491. The van der Waals surface area contributed by atoms with Crippen LogP contribution >= 0.6 is 23.2 Å². The van der Waals surface area contributed by atoms with Crippen molar-refractivity contribution < 1.29 is 0 Å². The van der Waals surface area contributed by atoms with Gasteiger partial charge in [0.15, 0.2) is 0 Å². The first-order valence-corrected chi connectivity index (χ1v) is 8.01. The first-order chi connectivity index (χ1) is 10.2. The van der Waals surface area contributed by atoms with Crippen molar-refractivity contribution in [2.24, 2.45) is 0 Å². The first kappa shape index (κ1) is 14.6. The summed E-state index contributed by atoms with van der Waals surface area (Å²) in [5.41, 5.74) is 1.69. The van der Waals surface area contributed by atoms with E-state index in [1.807, 2.05) is 12.1 Å². The van der Waals surface area contributed by atoms with Crippen molar-refractivity contribution in [1.29, 1.82) is 0 Å². The van der Waals surface area contributed by atoms with Crippen LogP contribution in [0.1, 0.15) is 37.9 Å². The molecule has 21 heavy (non-hydrogen) atoms. The summed E-state index contributed by atoms with van der Waals surface area (Å²) in [6.07, 6.45) is 3.38. The Morgan fingerprint density at radius 2 is 2.00 bits per heavy atom. The molecule has 2 aromatic rings. The van der Waals surface area contributed by atoms with E-state index in [2.05, 4.69) is 22.2 Å². The molecule has 0 radical (unpaired) electrons. The molecular weight excluding hydrogens is 305 g/mol. The summed E-state index contributed by atoms with van der Waals surface area (Å²) >= 11 is 12.4. The van der Waals surface area contributed by atoms with Gasteiger partial charge in [0.05, 0.1) is 10.7 Å². The lowest BCUT2D eigenvalue weighted by Crippen LogP contribution is -2.05. The predicted molar refractivity (Wildman–Crippen MR) is 88.2 cm³/mol. The SMILES string of the molecule is CCCNc1cc(-c2cc(Cl)ccc2Cl)nc(C2CC2)n1. The molecule has 1 N–H and O–H groups in total. The summed E-state index contributed by atoms with van der Waals surface area (Å²) in [6.45, 7) is 3.02. The third kappa shape index (κ3) is 3.47. The van der Waals surface area contributed by atoms with Crippen molar-refractivity contribution in [2.45, 2.75) is 32.1 Å². The molecule has 1 aliphatic carbocycles. The van der Waals surface area contributed by atoms with Crippen molar-refractivity contribution in [2.75, 3.05) is 11.9 Å². The molecule has 0 unspecified atom stereocenters. The number of anilines is 1. The van der Waals surface area contributed by atoms with E-state index in [0.29, 0.717) is 16.0 Å². The van der Waals surface area contributed by atoms with Gasteiger partial charge in [0.25, 0.3) is 0 Å². The van der Waals surface area contributed by atoms with E-state index in [-0.39, 0.29) is 0 Å². The zero-order valence-electron chi connectivity index (χ0n) is 11.9. The van der Waals surface area contributed by atoms with E-state index in [0.717, 1.165) is 35.9 Å². The van der Waals surface area contributed by atoms with Crippen LogP contribution in [-0.2, 0) is 0 Å². The Kier molecular flexibility index (Phi) is 4.32. The summed E-state index contributed by atoms with van der Waals surface area (Å²) in [5, 5.41) is 4.64. The number of aromatic nitrogens is 2. The summed E-state index contributed by atoms with van der Waals surface area (Å²) < 4.78 is 0. The summed E-state index contributed by atoms with van der Waals surface area (Å²) in [5.74, 6) is 2.26. The van der Waals surface area contributed by atoms with Crippen LogP contribution in [0.3, 0.4) is 0 Å². The molecule has 1 aromatic heterocycles. The number of benzene rings is 1. The molecule has 3 rings (SSSR count). The van der Waals surface area contributed by atoms with Crippen LogP contribution < -0.4 is 5.32 Å². The molecule has 0 bridgehead atoms. The highest BCUT2D eigenvalue weighted by molar-refractivity contribution is 6.35. The number of halogens is 2. The average molecular weight is 322 g/mol. The molecule has 1 heterocycles. The Morgan fingerprint density at radius 1 is 1.19 bits per heavy atom. The maximum absolute atomic E-state index is 6.30. The number of nitrogens with zero attached hydrogens (tertiary/aromatic N) is 2. The van der Waals surface area contributed by atoms with Crippen LogP contribution in [0.4, 0.5) is 5.82 Å². The minimum absolute atomic E-state index is 0.491. The van der Waals surface area contributed by atoms with Gasteiger partial charge in [-0.05, 0) is 37.5 Å². The lowest BCUT2D eigenvalue weighted by molar-refractivity contribution is 0.911. The third-order valence-electron chi connectivity index (χ3n) is 3.45. The fourth-order valence-electron chi connectivity index (χ4n) is 2.17. The number of hydrogen-bond acceptors (Lipinski definition) is 3. The fraction of sp³-hybridized carbons (Fsp3) is 0.375. The number of nitrogens with one attached hydrogen (secondary N) is 1. The van der Waals surface area contributed by atoms with Crippen molar-refractivity contribution in [3.8, 4) is 11.3 Å². The topological polar surface area (TPSA) is 37.8 Å². The van der Waals surface area contributed by atoms with Gasteiger partial charge in [0, 0.05) is 29.1 Å². The zero-order valence-corrected chi connectivity index (χ0v) is 13.4. The van der Waals surface area contributed by atoms with Gasteiger partial charge in [-0.25, -0.2) is 9.97 Å². The van der Waals surface area contributed by atoms with E-state index in [9.17, 15) is 0 Å². The highest BCUT2D eigenvalue weighted by atomic mass is 35.5. The van der Waals surface area contributed by atoms with E-state index in [1.54, 1.807) is 12.1 Å². The van der Waals surface area contributed by atoms with Gasteiger partial charge in [-0.15, -0.1) is 0 Å². The third-order valence-corrected chi connectivity index (χ3v) is 4.01. The first-order valence-electron chi connectivity index (χ1n) is 7.25. The number of rotatable bonds is 5. The van der Waals surface area contributed by atoms with Gasteiger partial charge in [-0.3, -0.25) is 0 Å². The van der Waals surface area contributed by atoms with E-state index in [4.69, 9.17) is 23.2 Å². The molecule has 1 fully saturated rings.